The molecule has 1 atom stereocenters. The molecular formula is C20H17ClF2N4O2. The molecule has 0 spiro atoms. The summed E-state index contributed by atoms with van der Waals surface area (Å²) in [4.78, 5) is 15.0. The lowest BCUT2D eigenvalue weighted by Crippen LogP contribution is -2.34. The Hall–Kier alpha value is -3.10. The fourth-order valence-electron chi connectivity index (χ4n) is 2.98. The molecule has 29 heavy (non-hydrogen) atoms. The van der Waals surface area contributed by atoms with Gasteiger partial charge in [0, 0.05) is 24.2 Å². The van der Waals surface area contributed by atoms with Gasteiger partial charge >= 0.3 is 0 Å². The third-order valence-corrected chi connectivity index (χ3v) is 4.66. The number of nitrogens with zero attached hydrogens (tertiary/aromatic N) is 3. The second-order valence-electron chi connectivity index (χ2n) is 6.43. The van der Waals surface area contributed by atoms with E-state index in [4.69, 9.17) is 11.6 Å². The minimum absolute atomic E-state index is 0.0675. The van der Waals surface area contributed by atoms with Gasteiger partial charge in [0.15, 0.2) is 0 Å². The minimum Gasteiger partial charge on any atom is -0.378 e. The van der Waals surface area contributed by atoms with Crippen molar-refractivity contribution in [3.8, 4) is 0 Å². The molecule has 0 saturated carbocycles. The van der Waals surface area contributed by atoms with E-state index < -0.39 is 17.2 Å². The number of rotatable bonds is 6. The van der Waals surface area contributed by atoms with Crippen LogP contribution in [0.2, 0.25) is 5.02 Å². The summed E-state index contributed by atoms with van der Waals surface area (Å²) in [6.07, 6.45) is 2.61. The molecule has 0 fully saturated rings. The van der Waals surface area contributed by atoms with Crippen molar-refractivity contribution in [1.29, 1.82) is 0 Å². The number of hydrogen-bond acceptors (Lipinski definition) is 4. The highest BCUT2D eigenvalue weighted by molar-refractivity contribution is 6.32. The fraction of sp³-hybridized carbons (Fsp3) is 0.150. The lowest BCUT2D eigenvalue weighted by molar-refractivity contribution is -0.114. The monoisotopic (exact) mass is 418 g/mol. The summed E-state index contributed by atoms with van der Waals surface area (Å²) < 4.78 is 29.3. The van der Waals surface area contributed by atoms with Crippen molar-refractivity contribution >= 4 is 28.8 Å². The zero-order valence-corrected chi connectivity index (χ0v) is 16.1. The third kappa shape index (κ3) is 4.33. The van der Waals surface area contributed by atoms with Crippen LogP contribution >= 0.6 is 11.6 Å². The summed E-state index contributed by atoms with van der Waals surface area (Å²) in [6.45, 7) is 5.04. The van der Waals surface area contributed by atoms with Crippen LogP contribution in [0, 0.1) is 11.6 Å². The largest absolute Gasteiger partial charge is 0.378 e. The number of aliphatic hydroxyl groups is 1. The molecular weight excluding hydrogens is 402 g/mol. The Labute approximate surface area is 170 Å². The van der Waals surface area contributed by atoms with Gasteiger partial charge < -0.3 is 10.4 Å². The number of nitrogens with one attached hydrogen (secondary N) is 1. The number of benzene rings is 2. The first-order valence-corrected chi connectivity index (χ1v) is 8.85. The van der Waals surface area contributed by atoms with Crippen molar-refractivity contribution in [2.45, 2.75) is 19.1 Å². The Bertz CT molecular complexity index is 1070. The zero-order chi connectivity index (χ0) is 21.2. The quantitative estimate of drug-likeness (QED) is 0.638. The van der Waals surface area contributed by atoms with Crippen LogP contribution < -0.4 is 5.32 Å². The Morgan fingerprint density at radius 2 is 2.07 bits per heavy atom. The minimum atomic E-state index is -2.01. The van der Waals surface area contributed by atoms with E-state index in [1.807, 2.05) is 0 Å². The maximum absolute atomic E-state index is 14.6. The van der Waals surface area contributed by atoms with Crippen molar-refractivity contribution in [2.24, 2.45) is 0 Å². The van der Waals surface area contributed by atoms with E-state index in [0.29, 0.717) is 17.3 Å². The van der Waals surface area contributed by atoms with E-state index in [-0.39, 0.29) is 28.6 Å². The Balaban J connectivity index is 2.08. The first-order valence-electron chi connectivity index (χ1n) is 8.48. The number of amides is 1. The van der Waals surface area contributed by atoms with Crippen molar-refractivity contribution < 1.29 is 18.7 Å². The van der Waals surface area contributed by atoms with E-state index >= 15 is 0 Å². The first-order chi connectivity index (χ1) is 13.7. The molecule has 3 aromatic rings. The van der Waals surface area contributed by atoms with Crippen LogP contribution in [-0.4, -0.2) is 25.8 Å². The molecule has 150 valence electrons. The Morgan fingerprint density at radius 1 is 1.31 bits per heavy atom. The van der Waals surface area contributed by atoms with Crippen LogP contribution in [-0.2, 0) is 16.9 Å². The van der Waals surface area contributed by atoms with Gasteiger partial charge in [-0.25, -0.2) is 18.4 Å². The molecule has 1 aromatic heterocycles. The molecule has 1 amide bonds. The highest BCUT2D eigenvalue weighted by Gasteiger charge is 2.38. The van der Waals surface area contributed by atoms with Crippen molar-refractivity contribution in [1.82, 2.24) is 14.8 Å². The van der Waals surface area contributed by atoms with Crippen molar-refractivity contribution in [3.05, 3.63) is 83.4 Å². The van der Waals surface area contributed by atoms with E-state index in [0.717, 1.165) is 12.1 Å². The topological polar surface area (TPSA) is 80.0 Å². The van der Waals surface area contributed by atoms with E-state index in [2.05, 4.69) is 22.0 Å². The van der Waals surface area contributed by atoms with Crippen LogP contribution in [0.4, 0.5) is 14.5 Å². The van der Waals surface area contributed by atoms with Gasteiger partial charge in [-0.1, -0.05) is 24.2 Å². The van der Waals surface area contributed by atoms with Crippen LogP contribution in [0.25, 0.3) is 5.57 Å². The highest BCUT2D eigenvalue weighted by Crippen LogP contribution is 2.41. The van der Waals surface area contributed by atoms with E-state index in [1.54, 1.807) is 12.1 Å². The van der Waals surface area contributed by atoms with Gasteiger partial charge in [-0.05, 0) is 35.4 Å². The number of hydrogen-bond donors (Lipinski definition) is 2. The van der Waals surface area contributed by atoms with E-state index in [1.165, 1.54) is 30.3 Å². The lowest BCUT2D eigenvalue weighted by atomic mass is 9.82. The SMILES string of the molecule is C=C(c1ccc(NC(C)=O)cc1Cl)C(O)(Cn1cncn1)c1ccc(F)cc1F. The van der Waals surface area contributed by atoms with Crippen LogP contribution in [0.3, 0.4) is 0 Å². The molecule has 0 radical (unpaired) electrons. The molecule has 1 unspecified atom stereocenters. The Kier molecular flexibility index (Phi) is 5.76. The molecule has 2 aromatic carbocycles. The summed E-state index contributed by atoms with van der Waals surface area (Å²) in [5.74, 6) is -2.00. The molecule has 9 heteroatoms. The summed E-state index contributed by atoms with van der Waals surface area (Å²) in [5, 5.41) is 18.2. The number of carbonyl (C=O) groups is 1. The smallest absolute Gasteiger partial charge is 0.221 e. The predicted molar refractivity (Wildman–Crippen MR) is 105 cm³/mol. The van der Waals surface area contributed by atoms with Crippen LogP contribution in [0.1, 0.15) is 18.1 Å². The summed E-state index contributed by atoms with van der Waals surface area (Å²) in [7, 11) is 0. The second-order valence-corrected chi connectivity index (χ2v) is 6.84. The zero-order valence-electron chi connectivity index (χ0n) is 15.4. The van der Waals surface area contributed by atoms with Crippen molar-refractivity contribution in [2.75, 3.05) is 5.32 Å². The molecule has 6 nitrogen and oxygen atoms in total. The fourth-order valence-corrected chi connectivity index (χ4v) is 3.28. The highest BCUT2D eigenvalue weighted by atomic mass is 35.5. The maximum atomic E-state index is 14.6. The maximum Gasteiger partial charge on any atom is 0.221 e. The summed E-state index contributed by atoms with van der Waals surface area (Å²) in [5.41, 5.74) is -1.36. The molecule has 0 saturated heterocycles. The standard InChI is InChI=1S/C20H17ClF2N4O2/c1-12(16-5-4-15(8-18(16)21)26-13(2)28)20(29,9-27-11-24-10-25-27)17-6-3-14(22)7-19(17)23/h3-8,10-11,29H,1,9H2,2H3,(H,26,28). The number of halogens is 3. The van der Waals surface area contributed by atoms with E-state index in [9.17, 15) is 18.7 Å². The molecule has 2 N–H and O–H groups in total. The Morgan fingerprint density at radius 3 is 2.66 bits per heavy atom. The average molecular weight is 419 g/mol. The molecule has 3 rings (SSSR count). The number of anilines is 1. The van der Waals surface area contributed by atoms with Gasteiger partial charge in [-0.3, -0.25) is 4.79 Å². The summed E-state index contributed by atoms with van der Waals surface area (Å²) >= 11 is 6.34. The van der Waals surface area contributed by atoms with Crippen LogP contribution in [0.15, 0.2) is 55.6 Å². The molecule has 0 aliphatic heterocycles. The molecule has 0 aliphatic rings. The van der Waals surface area contributed by atoms with Gasteiger partial charge in [0.2, 0.25) is 5.91 Å². The second kappa shape index (κ2) is 8.10. The summed E-state index contributed by atoms with van der Waals surface area (Å²) in [6, 6.07) is 7.47. The molecule has 1 heterocycles. The molecule has 0 aliphatic carbocycles. The predicted octanol–water partition coefficient (Wildman–Crippen LogP) is 3.77. The van der Waals surface area contributed by atoms with Crippen molar-refractivity contribution in [3.63, 3.8) is 0 Å². The van der Waals surface area contributed by atoms with Gasteiger partial charge in [0.1, 0.15) is 29.9 Å². The lowest BCUT2D eigenvalue weighted by Gasteiger charge is -2.32. The normalized spacial score (nSPS) is 13.0. The number of carbonyl (C=O) groups excluding carboxylic acids is 1. The molecule has 0 bridgehead atoms. The number of aromatic nitrogens is 3. The first kappa shape index (κ1) is 20.6. The third-order valence-electron chi connectivity index (χ3n) is 4.35. The van der Waals surface area contributed by atoms with Gasteiger partial charge in [-0.15, -0.1) is 0 Å². The van der Waals surface area contributed by atoms with Gasteiger partial charge in [-0.2, -0.15) is 5.10 Å². The van der Waals surface area contributed by atoms with Gasteiger partial charge in [0.25, 0.3) is 0 Å². The van der Waals surface area contributed by atoms with Crippen LogP contribution in [0.5, 0.6) is 0 Å². The average Bonchev–Trinajstić information content (AvgIpc) is 3.13. The van der Waals surface area contributed by atoms with Gasteiger partial charge in [0.05, 0.1) is 11.6 Å².